The zero-order chi connectivity index (χ0) is 20.1. The van der Waals surface area contributed by atoms with Gasteiger partial charge >= 0.3 is 0 Å². The number of hydrogen-bond donors (Lipinski definition) is 1. The first-order valence-electron chi connectivity index (χ1n) is 10.2. The van der Waals surface area contributed by atoms with Gasteiger partial charge in [-0.25, -0.2) is 8.78 Å². The summed E-state index contributed by atoms with van der Waals surface area (Å²) in [6.45, 7) is 5.39. The van der Waals surface area contributed by atoms with Crippen molar-refractivity contribution in [3.05, 3.63) is 35.5 Å². The van der Waals surface area contributed by atoms with E-state index in [1.807, 2.05) is 6.07 Å². The summed E-state index contributed by atoms with van der Waals surface area (Å²) in [6.07, 6.45) is 7.59. The van der Waals surface area contributed by atoms with E-state index in [-0.39, 0.29) is 5.56 Å². The highest BCUT2D eigenvalue weighted by molar-refractivity contribution is 5.66. The molecule has 0 atom stereocenters. The highest BCUT2D eigenvalue weighted by atomic mass is 19.3. The van der Waals surface area contributed by atoms with Gasteiger partial charge in [-0.2, -0.15) is 5.10 Å². The van der Waals surface area contributed by atoms with E-state index < -0.39 is 5.92 Å². The predicted molar refractivity (Wildman–Crippen MR) is 108 cm³/mol. The fourth-order valence-corrected chi connectivity index (χ4v) is 3.43. The number of unbranched alkanes of at least 4 members (excludes halogenated alkanes) is 1. The first-order valence-corrected chi connectivity index (χ1v) is 10.2. The molecule has 0 unspecified atom stereocenters. The lowest BCUT2D eigenvalue weighted by atomic mass is 9.86. The second-order valence-electron chi connectivity index (χ2n) is 8.10. The summed E-state index contributed by atoms with van der Waals surface area (Å²) < 4.78 is 34.1. The summed E-state index contributed by atoms with van der Waals surface area (Å²) >= 11 is 0. The molecule has 0 amide bonds. The van der Waals surface area contributed by atoms with Crippen LogP contribution in [0.1, 0.15) is 57.1 Å². The molecule has 1 aromatic carbocycles. The van der Waals surface area contributed by atoms with Gasteiger partial charge in [0.15, 0.2) is 0 Å². The Bertz CT molecular complexity index is 765. The maximum atomic E-state index is 14.1. The fraction of sp³-hybridized carbons (Fsp3) is 0.591. The number of halogens is 2. The second kappa shape index (κ2) is 9.03. The Morgan fingerprint density at radius 3 is 2.71 bits per heavy atom. The number of hydrogen-bond acceptors (Lipinski definition) is 3. The summed E-state index contributed by atoms with van der Waals surface area (Å²) in [5.74, 6) is -1.88. The molecule has 4 nitrogen and oxygen atoms in total. The molecular weight excluding hydrogens is 360 g/mol. The lowest BCUT2D eigenvalue weighted by molar-refractivity contribution is 0.0172. The Balaban J connectivity index is 1.84. The van der Waals surface area contributed by atoms with Crippen molar-refractivity contribution in [3.63, 3.8) is 0 Å². The molecule has 154 valence electrons. The Labute approximate surface area is 166 Å². The molecule has 6 heteroatoms. The van der Waals surface area contributed by atoms with Crippen molar-refractivity contribution in [1.29, 1.82) is 0 Å². The van der Waals surface area contributed by atoms with E-state index >= 15 is 0 Å². The number of nitrogens with zero attached hydrogens (tertiary/aromatic N) is 2. The maximum Gasteiger partial charge on any atom is 0.270 e. The van der Waals surface area contributed by atoms with Crippen LogP contribution in [0.15, 0.2) is 24.4 Å². The van der Waals surface area contributed by atoms with Gasteiger partial charge in [-0.3, -0.25) is 5.10 Å². The van der Waals surface area contributed by atoms with Gasteiger partial charge in [-0.05, 0) is 57.0 Å². The van der Waals surface area contributed by atoms with Crippen LogP contribution in [0.5, 0.6) is 5.75 Å². The van der Waals surface area contributed by atoms with Gasteiger partial charge in [0.05, 0.1) is 18.5 Å². The number of ether oxygens (including phenoxy) is 1. The molecule has 1 heterocycles. The molecule has 1 fully saturated rings. The number of H-pyrrole nitrogens is 1. The highest BCUT2D eigenvalue weighted by Gasteiger charge is 2.27. The number of aromatic nitrogens is 2. The number of aromatic amines is 1. The van der Waals surface area contributed by atoms with Crippen LogP contribution in [-0.4, -0.2) is 35.3 Å². The number of benzene rings is 1. The summed E-state index contributed by atoms with van der Waals surface area (Å²) in [6, 6.07) is 4.85. The third kappa shape index (κ3) is 5.31. The highest BCUT2D eigenvalue weighted by Crippen LogP contribution is 2.36. The van der Waals surface area contributed by atoms with E-state index in [4.69, 9.17) is 4.74 Å². The van der Waals surface area contributed by atoms with E-state index in [0.29, 0.717) is 23.8 Å². The zero-order valence-corrected chi connectivity index (χ0v) is 17.1. The summed E-state index contributed by atoms with van der Waals surface area (Å²) in [5, 5.41) is 7.17. The van der Waals surface area contributed by atoms with Crippen molar-refractivity contribution in [2.24, 2.45) is 5.92 Å². The summed E-state index contributed by atoms with van der Waals surface area (Å²) in [5.41, 5.74) is 2.44. The molecule has 3 rings (SSSR count). The van der Waals surface area contributed by atoms with Crippen LogP contribution in [0.25, 0.3) is 11.3 Å². The number of rotatable bonds is 10. The average molecular weight is 392 g/mol. The van der Waals surface area contributed by atoms with Gasteiger partial charge in [-0.15, -0.1) is 0 Å². The third-order valence-corrected chi connectivity index (χ3v) is 5.46. The smallest absolute Gasteiger partial charge is 0.270 e. The third-order valence-electron chi connectivity index (χ3n) is 5.46. The zero-order valence-electron chi connectivity index (χ0n) is 17.1. The molecule has 0 aliphatic heterocycles. The molecule has 1 aliphatic carbocycles. The Kier molecular flexibility index (Phi) is 6.70. The molecule has 0 spiro atoms. The fourth-order valence-electron chi connectivity index (χ4n) is 3.43. The van der Waals surface area contributed by atoms with Crippen LogP contribution in [-0.2, 0) is 12.5 Å². The van der Waals surface area contributed by atoms with Crippen molar-refractivity contribution in [1.82, 2.24) is 15.1 Å². The van der Waals surface area contributed by atoms with Crippen LogP contribution in [0.3, 0.4) is 0 Å². The van der Waals surface area contributed by atoms with E-state index in [1.165, 1.54) is 12.5 Å². The van der Waals surface area contributed by atoms with Gasteiger partial charge < -0.3 is 9.64 Å². The molecule has 1 saturated carbocycles. The van der Waals surface area contributed by atoms with Gasteiger partial charge in [0.25, 0.3) is 5.92 Å². The minimum Gasteiger partial charge on any atom is -0.493 e. The average Bonchev–Trinajstić information content (AvgIpc) is 3.05. The van der Waals surface area contributed by atoms with Crippen LogP contribution >= 0.6 is 0 Å². The minimum atomic E-state index is -2.93. The quantitative estimate of drug-likeness (QED) is 0.573. The largest absolute Gasteiger partial charge is 0.493 e. The van der Waals surface area contributed by atoms with Gasteiger partial charge in [0.2, 0.25) is 0 Å². The molecule has 1 aliphatic rings. The lowest BCUT2D eigenvalue weighted by Crippen LogP contribution is -2.19. The Hall–Kier alpha value is -1.95. The van der Waals surface area contributed by atoms with E-state index in [1.54, 1.807) is 12.3 Å². The van der Waals surface area contributed by atoms with Crippen LogP contribution < -0.4 is 4.74 Å². The standard InChI is InChI=1S/C22H31F2N3O/c1-4-5-9-27(3)14-18-13-25-26-21(18)17-10-19(22(2,23)24)12-20(11-17)28-15-16-7-6-8-16/h10-13,16H,4-9,14-15H2,1-3H3,(H,25,26). The van der Waals surface area contributed by atoms with Crippen molar-refractivity contribution < 1.29 is 13.5 Å². The minimum absolute atomic E-state index is 0.0338. The predicted octanol–water partition coefficient (Wildman–Crippen LogP) is 5.60. The van der Waals surface area contributed by atoms with Crippen LogP contribution in [0.4, 0.5) is 8.78 Å². The molecular formula is C22H31F2N3O. The van der Waals surface area contributed by atoms with E-state index in [9.17, 15) is 8.78 Å². The lowest BCUT2D eigenvalue weighted by Gasteiger charge is -2.25. The summed E-state index contributed by atoms with van der Waals surface area (Å²) in [4.78, 5) is 2.23. The Morgan fingerprint density at radius 2 is 2.07 bits per heavy atom. The first-order chi connectivity index (χ1) is 13.4. The molecule has 0 saturated heterocycles. The first kappa shape index (κ1) is 20.8. The number of nitrogens with one attached hydrogen (secondary N) is 1. The SMILES string of the molecule is CCCCN(C)Cc1cn[nH]c1-c1cc(OCC2CCC2)cc(C(C)(F)F)c1. The molecule has 0 radical (unpaired) electrons. The van der Waals surface area contributed by atoms with Gasteiger partial charge in [0, 0.05) is 30.2 Å². The van der Waals surface area contributed by atoms with Crippen molar-refractivity contribution in [2.75, 3.05) is 20.2 Å². The molecule has 2 aromatic rings. The molecule has 1 aromatic heterocycles. The van der Waals surface area contributed by atoms with Crippen LogP contribution in [0.2, 0.25) is 0 Å². The van der Waals surface area contributed by atoms with E-state index in [2.05, 4.69) is 29.1 Å². The van der Waals surface area contributed by atoms with E-state index in [0.717, 1.165) is 57.0 Å². The van der Waals surface area contributed by atoms with Gasteiger partial charge in [0.1, 0.15) is 5.75 Å². The monoisotopic (exact) mass is 391 g/mol. The summed E-state index contributed by atoms with van der Waals surface area (Å²) in [7, 11) is 2.07. The van der Waals surface area contributed by atoms with Crippen molar-refractivity contribution in [3.8, 4) is 17.0 Å². The van der Waals surface area contributed by atoms with Gasteiger partial charge in [-0.1, -0.05) is 19.8 Å². The normalized spacial score (nSPS) is 15.1. The number of alkyl halides is 2. The molecule has 0 bridgehead atoms. The second-order valence-corrected chi connectivity index (χ2v) is 8.10. The van der Waals surface area contributed by atoms with Crippen molar-refractivity contribution >= 4 is 0 Å². The molecule has 28 heavy (non-hydrogen) atoms. The topological polar surface area (TPSA) is 41.2 Å². The molecule has 1 N–H and O–H groups in total. The Morgan fingerprint density at radius 1 is 1.29 bits per heavy atom. The van der Waals surface area contributed by atoms with Crippen LogP contribution in [0, 0.1) is 5.92 Å². The maximum absolute atomic E-state index is 14.1. The van der Waals surface area contributed by atoms with Crippen molar-refractivity contribution in [2.45, 2.75) is 58.4 Å².